The first-order valence-corrected chi connectivity index (χ1v) is 4.50. The van der Waals surface area contributed by atoms with Crippen LogP contribution < -0.4 is 0 Å². The van der Waals surface area contributed by atoms with Gasteiger partial charge in [-0.05, 0) is 29.0 Å². The number of hydrogen-bond acceptors (Lipinski definition) is 1. The van der Waals surface area contributed by atoms with Gasteiger partial charge in [-0.25, -0.2) is 0 Å². The van der Waals surface area contributed by atoms with Crippen LogP contribution in [-0.4, -0.2) is 9.78 Å². The number of rotatable bonds is 2. The fourth-order valence-electron chi connectivity index (χ4n) is 0.954. The molecule has 0 aromatic carbocycles. The second-order valence-electron chi connectivity index (χ2n) is 2.31. The monoisotopic (exact) mass is 250 g/mol. The molecule has 0 aliphatic heterocycles. The number of halogens is 1. The van der Waals surface area contributed by atoms with Crippen LogP contribution in [-0.2, 0) is 13.5 Å². The SMILES string of the molecule is CCCc1c(I)cnn1C. The average molecular weight is 250 g/mol. The minimum Gasteiger partial charge on any atom is -0.272 e. The molecule has 1 aromatic heterocycles. The fraction of sp³-hybridized carbons (Fsp3) is 0.571. The van der Waals surface area contributed by atoms with Crippen LogP contribution in [0.4, 0.5) is 0 Å². The van der Waals surface area contributed by atoms with E-state index in [0.717, 1.165) is 6.42 Å². The van der Waals surface area contributed by atoms with Gasteiger partial charge in [0.25, 0.3) is 0 Å². The van der Waals surface area contributed by atoms with E-state index in [4.69, 9.17) is 0 Å². The van der Waals surface area contributed by atoms with E-state index in [1.54, 1.807) is 0 Å². The summed E-state index contributed by atoms with van der Waals surface area (Å²) < 4.78 is 3.23. The van der Waals surface area contributed by atoms with Crippen LogP contribution in [0, 0.1) is 3.57 Å². The standard InChI is InChI=1S/C7H11IN2/c1-3-4-7-6(8)5-9-10(7)2/h5H,3-4H2,1-2H3. The molecule has 0 aliphatic carbocycles. The largest absolute Gasteiger partial charge is 0.272 e. The molecule has 0 saturated heterocycles. The summed E-state index contributed by atoms with van der Waals surface area (Å²) in [6.07, 6.45) is 4.23. The van der Waals surface area contributed by atoms with Gasteiger partial charge in [0.15, 0.2) is 0 Å². The maximum absolute atomic E-state index is 4.14. The minimum atomic E-state index is 1.13. The summed E-state index contributed by atoms with van der Waals surface area (Å²) in [5, 5.41) is 4.14. The molecule has 10 heavy (non-hydrogen) atoms. The first kappa shape index (κ1) is 8.04. The van der Waals surface area contributed by atoms with E-state index in [9.17, 15) is 0 Å². The molecule has 0 fully saturated rings. The topological polar surface area (TPSA) is 17.8 Å². The molecule has 1 rings (SSSR count). The van der Waals surface area contributed by atoms with Gasteiger partial charge in [0.05, 0.1) is 15.5 Å². The van der Waals surface area contributed by atoms with E-state index in [-0.39, 0.29) is 0 Å². The van der Waals surface area contributed by atoms with Crippen molar-refractivity contribution in [2.75, 3.05) is 0 Å². The third-order valence-corrected chi connectivity index (χ3v) is 2.40. The highest BCUT2D eigenvalue weighted by molar-refractivity contribution is 14.1. The molecule has 2 nitrogen and oxygen atoms in total. The second-order valence-corrected chi connectivity index (χ2v) is 3.47. The number of hydrogen-bond donors (Lipinski definition) is 0. The van der Waals surface area contributed by atoms with Gasteiger partial charge in [-0.3, -0.25) is 4.68 Å². The van der Waals surface area contributed by atoms with Crippen LogP contribution in [0.2, 0.25) is 0 Å². The van der Waals surface area contributed by atoms with E-state index in [1.165, 1.54) is 15.7 Å². The highest BCUT2D eigenvalue weighted by Gasteiger charge is 2.02. The van der Waals surface area contributed by atoms with Gasteiger partial charge >= 0.3 is 0 Å². The summed E-state index contributed by atoms with van der Waals surface area (Å²) in [6.45, 7) is 2.18. The van der Waals surface area contributed by atoms with E-state index < -0.39 is 0 Å². The summed E-state index contributed by atoms with van der Waals surface area (Å²) in [4.78, 5) is 0. The fourth-order valence-corrected chi connectivity index (χ4v) is 1.70. The zero-order chi connectivity index (χ0) is 7.56. The van der Waals surface area contributed by atoms with Crippen LogP contribution in [0.15, 0.2) is 6.20 Å². The zero-order valence-electron chi connectivity index (χ0n) is 6.26. The molecule has 0 unspecified atom stereocenters. The third kappa shape index (κ3) is 1.51. The molecule has 0 bridgehead atoms. The molecule has 56 valence electrons. The molecule has 0 spiro atoms. The molecule has 1 heterocycles. The first-order valence-electron chi connectivity index (χ1n) is 3.42. The van der Waals surface area contributed by atoms with Crippen LogP contribution in [0.25, 0.3) is 0 Å². The zero-order valence-corrected chi connectivity index (χ0v) is 8.42. The first-order chi connectivity index (χ1) is 4.75. The quantitative estimate of drug-likeness (QED) is 0.734. The Morgan fingerprint density at radius 2 is 2.40 bits per heavy atom. The summed E-state index contributed by atoms with van der Waals surface area (Å²) in [7, 11) is 1.99. The lowest BCUT2D eigenvalue weighted by Crippen LogP contribution is -1.98. The van der Waals surface area contributed by atoms with Crippen molar-refractivity contribution < 1.29 is 0 Å². The molecule has 3 heteroatoms. The molecule has 0 atom stereocenters. The Bertz CT molecular complexity index is 198. The molecule has 0 radical (unpaired) electrons. The Morgan fingerprint density at radius 3 is 2.80 bits per heavy atom. The normalized spacial score (nSPS) is 10.3. The van der Waals surface area contributed by atoms with E-state index >= 15 is 0 Å². The maximum atomic E-state index is 4.14. The summed E-state index contributed by atoms with van der Waals surface area (Å²) >= 11 is 2.32. The Hall–Kier alpha value is -0.0600. The Kier molecular flexibility index (Phi) is 2.71. The van der Waals surface area contributed by atoms with Crippen molar-refractivity contribution in [3.8, 4) is 0 Å². The van der Waals surface area contributed by atoms with Gasteiger partial charge in [-0.15, -0.1) is 0 Å². The smallest absolute Gasteiger partial charge is 0.0626 e. The Labute approximate surface area is 74.8 Å². The lowest BCUT2D eigenvalue weighted by Gasteiger charge is -1.98. The van der Waals surface area contributed by atoms with Crippen LogP contribution in [0.1, 0.15) is 19.0 Å². The highest BCUT2D eigenvalue weighted by Crippen LogP contribution is 2.11. The van der Waals surface area contributed by atoms with Crippen LogP contribution in [0.5, 0.6) is 0 Å². The molecular formula is C7H11IN2. The van der Waals surface area contributed by atoms with Crippen molar-refractivity contribution in [1.29, 1.82) is 0 Å². The van der Waals surface area contributed by atoms with Crippen molar-refractivity contribution in [1.82, 2.24) is 9.78 Å². The number of nitrogens with zero attached hydrogens (tertiary/aromatic N) is 2. The second kappa shape index (κ2) is 3.37. The van der Waals surface area contributed by atoms with Gasteiger partial charge in [0.1, 0.15) is 0 Å². The Balaban J connectivity index is 2.87. The van der Waals surface area contributed by atoms with Crippen molar-refractivity contribution in [2.45, 2.75) is 19.8 Å². The number of aryl methyl sites for hydroxylation is 1. The predicted molar refractivity (Wildman–Crippen MR) is 49.9 cm³/mol. The molecular weight excluding hydrogens is 239 g/mol. The van der Waals surface area contributed by atoms with Gasteiger partial charge in [-0.1, -0.05) is 13.3 Å². The maximum Gasteiger partial charge on any atom is 0.0626 e. The van der Waals surface area contributed by atoms with Crippen molar-refractivity contribution in [2.24, 2.45) is 7.05 Å². The van der Waals surface area contributed by atoms with Gasteiger partial charge in [-0.2, -0.15) is 5.10 Å². The lowest BCUT2D eigenvalue weighted by molar-refractivity contribution is 0.696. The van der Waals surface area contributed by atoms with Crippen molar-refractivity contribution >= 4 is 22.6 Å². The molecule has 1 aromatic rings. The average Bonchev–Trinajstić information content (AvgIpc) is 2.20. The summed E-state index contributed by atoms with van der Waals surface area (Å²) in [5.41, 5.74) is 1.35. The van der Waals surface area contributed by atoms with Crippen LogP contribution >= 0.6 is 22.6 Å². The molecule has 0 N–H and O–H groups in total. The number of aromatic nitrogens is 2. The van der Waals surface area contributed by atoms with E-state index in [1.807, 2.05) is 17.9 Å². The minimum absolute atomic E-state index is 1.13. The van der Waals surface area contributed by atoms with Gasteiger partial charge in [0, 0.05) is 7.05 Å². The molecule has 0 saturated carbocycles. The van der Waals surface area contributed by atoms with Crippen molar-refractivity contribution in [3.05, 3.63) is 15.5 Å². The summed E-state index contributed by atoms with van der Waals surface area (Å²) in [6, 6.07) is 0. The third-order valence-electron chi connectivity index (χ3n) is 1.50. The van der Waals surface area contributed by atoms with Gasteiger partial charge in [0.2, 0.25) is 0 Å². The summed E-state index contributed by atoms with van der Waals surface area (Å²) in [5.74, 6) is 0. The van der Waals surface area contributed by atoms with Crippen molar-refractivity contribution in [3.63, 3.8) is 0 Å². The van der Waals surface area contributed by atoms with E-state index in [2.05, 4.69) is 34.6 Å². The predicted octanol–water partition coefficient (Wildman–Crippen LogP) is 1.98. The molecule has 0 aliphatic rings. The van der Waals surface area contributed by atoms with Gasteiger partial charge < -0.3 is 0 Å². The van der Waals surface area contributed by atoms with Crippen LogP contribution in [0.3, 0.4) is 0 Å². The lowest BCUT2D eigenvalue weighted by atomic mass is 10.2. The highest BCUT2D eigenvalue weighted by atomic mass is 127. The van der Waals surface area contributed by atoms with E-state index in [0.29, 0.717) is 0 Å². The molecule has 0 amide bonds. The Morgan fingerprint density at radius 1 is 1.70 bits per heavy atom.